The third kappa shape index (κ3) is 7.29. The SMILES string of the molecule is C/C(=C\c1ccn(-c2ccc(N)c(F)c2)n1)C1CC2OC2CCCCC(O)CC(=O)C(C)(C)CCC(=O)O1. The lowest BCUT2D eigenvalue weighted by Crippen LogP contribution is -2.30. The van der Waals surface area contributed by atoms with Crippen molar-refractivity contribution >= 4 is 23.5 Å². The van der Waals surface area contributed by atoms with E-state index >= 15 is 0 Å². The minimum Gasteiger partial charge on any atom is -0.458 e. The average molecular weight is 528 g/mol. The van der Waals surface area contributed by atoms with E-state index in [4.69, 9.17) is 15.2 Å². The highest BCUT2D eigenvalue weighted by atomic mass is 19.1. The number of aliphatic hydroxyl groups excluding tert-OH is 1. The van der Waals surface area contributed by atoms with Crippen molar-refractivity contribution in [2.45, 2.75) is 96.6 Å². The molecule has 8 nitrogen and oxygen atoms in total. The van der Waals surface area contributed by atoms with Gasteiger partial charge in [-0.05, 0) is 56.0 Å². The van der Waals surface area contributed by atoms with Crippen molar-refractivity contribution in [1.82, 2.24) is 9.78 Å². The highest BCUT2D eigenvalue weighted by Crippen LogP contribution is 2.35. The van der Waals surface area contributed by atoms with Gasteiger partial charge in [0.25, 0.3) is 0 Å². The zero-order valence-corrected chi connectivity index (χ0v) is 22.4. The van der Waals surface area contributed by atoms with Crippen LogP contribution in [0.15, 0.2) is 36.0 Å². The number of nitrogens with zero attached hydrogens (tertiary/aromatic N) is 2. The molecule has 4 atom stereocenters. The van der Waals surface area contributed by atoms with Gasteiger partial charge in [0, 0.05) is 36.9 Å². The molecule has 2 saturated heterocycles. The summed E-state index contributed by atoms with van der Waals surface area (Å²) in [4.78, 5) is 25.6. The molecule has 2 aliphatic rings. The Morgan fingerprint density at radius 1 is 1.21 bits per heavy atom. The van der Waals surface area contributed by atoms with Gasteiger partial charge in [-0.15, -0.1) is 0 Å². The highest BCUT2D eigenvalue weighted by Gasteiger charge is 2.41. The molecular weight excluding hydrogens is 489 g/mol. The molecule has 206 valence electrons. The van der Waals surface area contributed by atoms with Crippen LogP contribution >= 0.6 is 0 Å². The fraction of sp³-hybridized carbons (Fsp3) is 0.552. The number of ketones is 1. The molecule has 0 saturated carbocycles. The molecule has 2 fully saturated rings. The third-order valence-corrected chi connectivity index (χ3v) is 7.56. The highest BCUT2D eigenvalue weighted by molar-refractivity contribution is 5.85. The number of carbonyl (C=O) groups is 2. The number of carbonyl (C=O) groups excluding carboxylic acids is 2. The summed E-state index contributed by atoms with van der Waals surface area (Å²) in [5.74, 6) is -0.930. The average Bonchev–Trinajstić information content (AvgIpc) is 3.43. The standard InChI is InChI=1S/C29H38FN3O5/c1-18(14-19-11-13-33(32-19)20-8-9-23(31)22(30)15-20)25-17-26-24(37-26)7-5-4-6-21(34)16-27(35)29(2,3)12-10-28(36)38-25/h8-9,11,13-15,21,24-26,34H,4-7,10,12,16-17,31H2,1-3H3/b18-14+. The first-order valence-electron chi connectivity index (χ1n) is 13.4. The topological polar surface area (TPSA) is 120 Å². The summed E-state index contributed by atoms with van der Waals surface area (Å²) in [6.45, 7) is 5.52. The number of rotatable bonds is 3. The summed E-state index contributed by atoms with van der Waals surface area (Å²) < 4.78 is 27.2. The molecule has 2 aromatic rings. The lowest BCUT2D eigenvalue weighted by molar-refractivity contribution is -0.148. The Kier molecular flexibility index (Phi) is 8.67. The van der Waals surface area contributed by atoms with Gasteiger partial charge in [0.2, 0.25) is 0 Å². The van der Waals surface area contributed by atoms with Gasteiger partial charge in [0.1, 0.15) is 17.7 Å². The van der Waals surface area contributed by atoms with Crippen molar-refractivity contribution in [3.63, 3.8) is 0 Å². The number of aliphatic hydroxyl groups is 1. The van der Waals surface area contributed by atoms with Gasteiger partial charge in [0.05, 0.1) is 35.4 Å². The van der Waals surface area contributed by atoms with Crippen LogP contribution in [0.25, 0.3) is 11.8 Å². The van der Waals surface area contributed by atoms with Crippen molar-refractivity contribution in [1.29, 1.82) is 0 Å². The van der Waals surface area contributed by atoms with Crippen LogP contribution in [0.4, 0.5) is 10.1 Å². The number of nitrogen functional groups attached to an aromatic ring is 1. The van der Waals surface area contributed by atoms with Crippen LogP contribution < -0.4 is 5.73 Å². The molecule has 4 unspecified atom stereocenters. The number of nitrogens with two attached hydrogens (primary N) is 1. The maximum Gasteiger partial charge on any atom is 0.306 e. The number of esters is 1. The van der Waals surface area contributed by atoms with E-state index in [1.54, 1.807) is 23.0 Å². The summed E-state index contributed by atoms with van der Waals surface area (Å²) >= 11 is 0. The summed E-state index contributed by atoms with van der Waals surface area (Å²) in [5, 5.41) is 14.8. The summed E-state index contributed by atoms with van der Waals surface area (Å²) in [6, 6.07) is 6.30. The van der Waals surface area contributed by atoms with E-state index < -0.39 is 23.4 Å². The molecule has 3 N–H and O–H groups in total. The number of cyclic esters (lactones) is 1. The van der Waals surface area contributed by atoms with Gasteiger partial charge in [-0.1, -0.05) is 26.7 Å². The van der Waals surface area contributed by atoms with Crippen molar-refractivity contribution in [3.05, 3.63) is 47.5 Å². The summed E-state index contributed by atoms with van der Waals surface area (Å²) in [6.07, 6.45) is 6.81. The molecule has 0 amide bonds. The number of hydrogen-bond acceptors (Lipinski definition) is 7. The second-order valence-electron chi connectivity index (χ2n) is 11.2. The molecule has 0 spiro atoms. The fourth-order valence-electron chi connectivity index (χ4n) is 4.81. The first kappa shape index (κ1) is 28.0. The Balaban J connectivity index is 1.49. The molecule has 0 aliphatic carbocycles. The van der Waals surface area contributed by atoms with Crippen molar-refractivity contribution in [2.75, 3.05) is 5.73 Å². The normalized spacial score (nSPS) is 27.4. The monoisotopic (exact) mass is 527 g/mol. The molecule has 2 aliphatic heterocycles. The van der Waals surface area contributed by atoms with Gasteiger partial charge in [-0.25, -0.2) is 9.07 Å². The van der Waals surface area contributed by atoms with Crippen molar-refractivity contribution in [3.8, 4) is 5.69 Å². The van der Waals surface area contributed by atoms with Crippen LogP contribution in [0, 0.1) is 11.2 Å². The van der Waals surface area contributed by atoms with Crippen molar-refractivity contribution in [2.24, 2.45) is 5.41 Å². The van der Waals surface area contributed by atoms with Crippen LogP contribution in [-0.2, 0) is 19.1 Å². The van der Waals surface area contributed by atoms with E-state index in [1.165, 1.54) is 12.1 Å². The number of hydrogen-bond donors (Lipinski definition) is 2. The van der Waals surface area contributed by atoms with E-state index in [2.05, 4.69) is 5.10 Å². The Labute approximate surface area is 223 Å². The molecule has 0 bridgehead atoms. The van der Waals surface area contributed by atoms with Crippen LogP contribution in [0.5, 0.6) is 0 Å². The Bertz CT molecular complexity index is 1190. The van der Waals surface area contributed by atoms with Gasteiger partial charge < -0.3 is 20.3 Å². The minimum atomic E-state index is -0.726. The maximum atomic E-state index is 13.9. The second-order valence-corrected chi connectivity index (χ2v) is 11.2. The molecule has 38 heavy (non-hydrogen) atoms. The molecule has 1 aromatic heterocycles. The smallest absolute Gasteiger partial charge is 0.306 e. The van der Waals surface area contributed by atoms with E-state index in [1.807, 2.05) is 26.8 Å². The Morgan fingerprint density at radius 3 is 2.74 bits per heavy atom. The van der Waals surface area contributed by atoms with E-state index in [0.717, 1.165) is 24.8 Å². The first-order valence-corrected chi connectivity index (χ1v) is 13.4. The maximum absolute atomic E-state index is 13.9. The number of epoxide rings is 1. The molecule has 1 aromatic carbocycles. The van der Waals surface area contributed by atoms with E-state index in [9.17, 15) is 19.1 Å². The number of anilines is 1. The van der Waals surface area contributed by atoms with Crippen LogP contribution in [0.2, 0.25) is 0 Å². The van der Waals surface area contributed by atoms with Crippen molar-refractivity contribution < 1.29 is 28.6 Å². The predicted octanol–water partition coefficient (Wildman–Crippen LogP) is 4.77. The zero-order valence-electron chi connectivity index (χ0n) is 22.4. The van der Waals surface area contributed by atoms with Crippen LogP contribution in [0.1, 0.15) is 77.8 Å². The Hall–Kier alpha value is -3.04. The molecule has 0 radical (unpaired) electrons. The number of fused-ring (bicyclic) bond motifs is 1. The lowest BCUT2D eigenvalue weighted by atomic mass is 9.80. The molecule has 4 rings (SSSR count). The van der Waals surface area contributed by atoms with E-state index in [0.29, 0.717) is 30.6 Å². The molecular formula is C29H38FN3O5. The predicted molar refractivity (Wildman–Crippen MR) is 142 cm³/mol. The fourth-order valence-corrected chi connectivity index (χ4v) is 4.81. The zero-order chi connectivity index (χ0) is 27.4. The van der Waals surface area contributed by atoms with Crippen LogP contribution in [0.3, 0.4) is 0 Å². The van der Waals surface area contributed by atoms with Gasteiger partial charge >= 0.3 is 5.97 Å². The largest absolute Gasteiger partial charge is 0.458 e. The van der Waals surface area contributed by atoms with Gasteiger partial charge in [-0.2, -0.15) is 5.10 Å². The number of Topliss-reactive ketones (excluding diaryl/α,β-unsaturated/α-hetero) is 1. The summed E-state index contributed by atoms with van der Waals surface area (Å²) in [5.41, 5.74) is 6.93. The number of ether oxygens (including phenoxy) is 2. The van der Waals surface area contributed by atoms with Gasteiger partial charge in [0.15, 0.2) is 0 Å². The first-order chi connectivity index (χ1) is 18.0. The summed E-state index contributed by atoms with van der Waals surface area (Å²) in [7, 11) is 0. The molecule has 9 heteroatoms. The Morgan fingerprint density at radius 2 is 1.97 bits per heavy atom. The second kappa shape index (κ2) is 11.8. The lowest BCUT2D eigenvalue weighted by Gasteiger charge is -2.25. The van der Waals surface area contributed by atoms with Crippen LogP contribution in [-0.4, -0.2) is 51.1 Å². The quantitative estimate of drug-likeness (QED) is 0.335. The molecule has 3 heterocycles. The number of halogens is 1. The third-order valence-electron chi connectivity index (χ3n) is 7.56. The van der Waals surface area contributed by atoms with E-state index in [-0.39, 0.29) is 42.5 Å². The van der Waals surface area contributed by atoms with Gasteiger partial charge in [-0.3, -0.25) is 9.59 Å². The number of aromatic nitrogens is 2. The minimum absolute atomic E-state index is 0.00214. The number of benzene rings is 1.